The van der Waals surface area contributed by atoms with Gasteiger partial charge in [-0.15, -0.1) is 5.10 Å². The molecule has 1 aromatic carbocycles. The summed E-state index contributed by atoms with van der Waals surface area (Å²) in [4.78, 5) is 0. The van der Waals surface area contributed by atoms with Crippen molar-refractivity contribution in [2.24, 2.45) is 0 Å². The van der Waals surface area contributed by atoms with Gasteiger partial charge in [-0.1, -0.05) is 13.0 Å². The molecule has 2 rings (SSSR count). The molecule has 0 aliphatic carbocycles. The number of hydrogen-bond donors (Lipinski definition) is 1. The maximum Gasteiger partial charge on any atom is 0.170 e. The van der Waals surface area contributed by atoms with Gasteiger partial charge in [0.15, 0.2) is 5.82 Å². The van der Waals surface area contributed by atoms with Crippen LogP contribution in [0.2, 0.25) is 0 Å². The fourth-order valence-corrected chi connectivity index (χ4v) is 1.75. The van der Waals surface area contributed by atoms with Gasteiger partial charge < -0.3 is 5.32 Å². The van der Waals surface area contributed by atoms with Crippen molar-refractivity contribution >= 4 is 0 Å². The summed E-state index contributed by atoms with van der Waals surface area (Å²) in [7, 11) is 0. The van der Waals surface area contributed by atoms with Crippen LogP contribution in [0, 0.1) is 13.8 Å². The number of rotatable bonds is 5. The zero-order valence-electron chi connectivity index (χ0n) is 11.1. The van der Waals surface area contributed by atoms with Crippen molar-refractivity contribution in [2.75, 3.05) is 6.54 Å². The van der Waals surface area contributed by atoms with Gasteiger partial charge in [0.2, 0.25) is 0 Å². The topological polar surface area (TPSA) is 55.6 Å². The lowest BCUT2D eigenvalue weighted by atomic mass is 10.1. The highest BCUT2D eigenvalue weighted by Gasteiger charge is 2.08. The Hall–Kier alpha value is -1.75. The van der Waals surface area contributed by atoms with Gasteiger partial charge in [-0.05, 0) is 60.5 Å². The van der Waals surface area contributed by atoms with Gasteiger partial charge in [-0.25, -0.2) is 0 Å². The molecule has 0 atom stereocenters. The minimum absolute atomic E-state index is 0.688. The fourth-order valence-electron chi connectivity index (χ4n) is 1.75. The molecule has 0 radical (unpaired) electrons. The van der Waals surface area contributed by atoms with Gasteiger partial charge in [0.25, 0.3) is 0 Å². The van der Waals surface area contributed by atoms with Gasteiger partial charge in [0.1, 0.15) is 0 Å². The normalized spacial score (nSPS) is 10.8. The van der Waals surface area contributed by atoms with Crippen molar-refractivity contribution in [3.8, 4) is 5.69 Å². The molecule has 18 heavy (non-hydrogen) atoms. The molecule has 1 N–H and O–H groups in total. The molecule has 0 amide bonds. The maximum absolute atomic E-state index is 4.06. The van der Waals surface area contributed by atoms with Crippen LogP contribution >= 0.6 is 0 Å². The first-order valence-electron chi connectivity index (χ1n) is 6.28. The van der Waals surface area contributed by atoms with Crippen molar-refractivity contribution in [3.63, 3.8) is 0 Å². The van der Waals surface area contributed by atoms with E-state index in [9.17, 15) is 0 Å². The quantitative estimate of drug-likeness (QED) is 0.816. The molecule has 5 nitrogen and oxygen atoms in total. The minimum Gasteiger partial charge on any atom is -0.310 e. The van der Waals surface area contributed by atoms with Crippen molar-refractivity contribution < 1.29 is 0 Å². The lowest BCUT2D eigenvalue weighted by Crippen LogP contribution is -2.17. The summed E-state index contributed by atoms with van der Waals surface area (Å²) in [6.07, 6.45) is 1.10. The van der Waals surface area contributed by atoms with Crippen LogP contribution in [0.4, 0.5) is 0 Å². The lowest BCUT2D eigenvalue weighted by Gasteiger charge is -2.07. The molecule has 1 aromatic heterocycles. The number of tetrazole rings is 1. The summed E-state index contributed by atoms with van der Waals surface area (Å²) in [6.45, 7) is 7.99. The van der Waals surface area contributed by atoms with Crippen LogP contribution in [-0.4, -0.2) is 26.8 Å². The molecular formula is C13H19N5. The Morgan fingerprint density at radius 3 is 2.78 bits per heavy atom. The van der Waals surface area contributed by atoms with Crippen LogP contribution in [0.1, 0.15) is 30.3 Å². The Kier molecular flexibility index (Phi) is 4.04. The molecule has 0 saturated heterocycles. The highest BCUT2D eigenvalue weighted by molar-refractivity contribution is 5.39. The summed E-state index contributed by atoms with van der Waals surface area (Å²) in [6, 6.07) is 6.24. The second-order valence-corrected chi connectivity index (χ2v) is 4.45. The summed E-state index contributed by atoms with van der Waals surface area (Å²) in [5.41, 5.74) is 3.53. The number of benzene rings is 1. The molecule has 0 unspecified atom stereocenters. The van der Waals surface area contributed by atoms with Gasteiger partial charge in [0.05, 0.1) is 12.2 Å². The smallest absolute Gasteiger partial charge is 0.170 e. The van der Waals surface area contributed by atoms with E-state index in [-0.39, 0.29) is 0 Å². The Balaban J connectivity index is 2.22. The van der Waals surface area contributed by atoms with Crippen molar-refractivity contribution in [1.82, 2.24) is 25.5 Å². The molecule has 0 aliphatic heterocycles. The molecule has 0 saturated carbocycles. The second kappa shape index (κ2) is 5.73. The van der Waals surface area contributed by atoms with Crippen LogP contribution in [0.25, 0.3) is 5.69 Å². The zero-order valence-corrected chi connectivity index (χ0v) is 11.1. The number of aryl methyl sites for hydroxylation is 2. The average molecular weight is 245 g/mol. The third kappa shape index (κ3) is 2.73. The van der Waals surface area contributed by atoms with E-state index in [0.717, 1.165) is 24.5 Å². The first-order valence-corrected chi connectivity index (χ1v) is 6.28. The molecular weight excluding hydrogens is 226 g/mol. The van der Waals surface area contributed by atoms with E-state index >= 15 is 0 Å². The molecule has 0 fully saturated rings. The van der Waals surface area contributed by atoms with Crippen LogP contribution in [0.5, 0.6) is 0 Å². The van der Waals surface area contributed by atoms with E-state index in [1.54, 1.807) is 4.68 Å². The number of hydrogen-bond acceptors (Lipinski definition) is 4. The highest BCUT2D eigenvalue weighted by atomic mass is 15.5. The third-order valence-electron chi connectivity index (χ3n) is 2.98. The molecule has 0 aliphatic rings. The van der Waals surface area contributed by atoms with E-state index in [2.05, 4.69) is 53.7 Å². The van der Waals surface area contributed by atoms with Gasteiger partial charge >= 0.3 is 0 Å². The average Bonchev–Trinajstić information content (AvgIpc) is 2.81. The van der Waals surface area contributed by atoms with E-state index in [1.807, 2.05) is 6.07 Å². The van der Waals surface area contributed by atoms with E-state index < -0.39 is 0 Å². The predicted molar refractivity (Wildman–Crippen MR) is 70.6 cm³/mol. The van der Waals surface area contributed by atoms with E-state index in [0.29, 0.717) is 6.54 Å². The standard InChI is InChI=1S/C13H19N5/c1-4-7-14-9-13-15-16-17-18(13)12-6-5-10(2)11(3)8-12/h5-6,8,14H,4,7,9H2,1-3H3. The Morgan fingerprint density at radius 1 is 1.22 bits per heavy atom. The van der Waals surface area contributed by atoms with E-state index in [4.69, 9.17) is 0 Å². The first kappa shape index (κ1) is 12.7. The Bertz CT molecular complexity index is 518. The molecule has 0 spiro atoms. The molecule has 0 bridgehead atoms. The van der Waals surface area contributed by atoms with Gasteiger partial charge in [0, 0.05) is 0 Å². The summed E-state index contributed by atoms with van der Waals surface area (Å²) in [5.74, 6) is 0.840. The third-order valence-corrected chi connectivity index (χ3v) is 2.98. The molecule has 1 heterocycles. The van der Waals surface area contributed by atoms with Crippen molar-refractivity contribution in [1.29, 1.82) is 0 Å². The summed E-state index contributed by atoms with van der Waals surface area (Å²) < 4.78 is 1.79. The van der Waals surface area contributed by atoms with Crippen LogP contribution in [-0.2, 0) is 6.54 Å². The minimum atomic E-state index is 0.688. The second-order valence-electron chi connectivity index (χ2n) is 4.45. The van der Waals surface area contributed by atoms with Crippen molar-refractivity contribution in [2.45, 2.75) is 33.7 Å². The fraction of sp³-hybridized carbons (Fsp3) is 0.462. The number of nitrogens with one attached hydrogen (secondary N) is 1. The SMILES string of the molecule is CCCNCc1nnnn1-c1ccc(C)c(C)c1. The van der Waals surface area contributed by atoms with Crippen LogP contribution in [0.15, 0.2) is 18.2 Å². The molecule has 5 heteroatoms. The highest BCUT2D eigenvalue weighted by Crippen LogP contribution is 2.13. The summed E-state index contributed by atoms with van der Waals surface area (Å²) >= 11 is 0. The maximum atomic E-state index is 4.06. The van der Waals surface area contributed by atoms with Gasteiger partial charge in [-0.3, -0.25) is 0 Å². The number of aromatic nitrogens is 4. The van der Waals surface area contributed by atoms with E-state index in [1.165, 1.54) is 11.1 Å². The van der Waals surface area contributed by atoms with Crippen LogP contribution < -0.4 is 5.32 Å². The Labute approximate surface area is 107 Å². The molecule has 2 aromatic rings. The van der Waals surface area contributed by atoms with Crippen molar-refractivity contribution in [3.05, 3.63) is 35.2 Å². The summed E-state index contributed by atoms with van der Waals surface area (Å²) in [5, 5.41) is 15.2. The van der Waals surface area contributed by atoms with Gasteiger partial charge in [-0.2, -0.15) is 4.68 Å². The zero-order chi connectivity index (χ0) is 13.0. The largest absolute Gasteiger partial charge is 0.310 e. The lowest BCUT2D eigenvalue weighted by molar-refractivity contribution is 0.632. The predicted octanol–water partition coefficient (Wildman–Crippen LogP) is 1.78. The number of nitrogens with zero attached hydrogens (tertiary/aromatic N) is 4. The Morgan fingerprint density at radius 2 is 2.06 bits per heavy atom. The van der Waals surface area contributed by atoms with Crippen LogP contribution in [0.3, 0.4) is 0 Å². The monoisotopic (exact) mass is 245 g/mol. The molecule has 96 valence electrons. The first-order chi connectivity index (χ1) is 8.72.